The highest BCUT2D eigenvalue weighted by molar-refractivity contribution is 6.30. The molecule has 4 rings (SSSR count). The predicted octanol–water partition coefficient (Wildman–Crippen LogP) is 5.17. The molecule has 3 aromatic carbocycles. The molecule has 0 saturated heterocycles. The van der Waals surface area contributed by atoms with Gasteiger partial charge in [0.1, 0.15) is 5.75 Å². The second-order valence-corrected chi connectivity index (χ2v) is 7.40. The Bertz CT molecular complexity index is 1170. The van der Waals surface area contributed by atoms with Crippen molar-refractivity contribution >= 4 is 17.5 Å². The highest BCUT2D eigenvalue weighted by atomic mass is 35.5. The molecule has 0 aliphatic rings. The number of para-hydroxylation sites is 2. The number of carbonyl (C=O) groups is 1. The van der Waals surface area contributed by atoms with Crippen LogP contribution < -0.4 is 0 Å². The smallest absolute Gasteiger partial charge is 0.257 e. The molecular weight excluding hydrogens is 398 g/mol. The summed E-state index contributed by atoms with van der Waals surface area (Å²) in [6, 6.07) is 23.8. The summed E-state index contributed by atoms with van der Waals surface area (Å²) in [4.78, 5) is 14.4. The van der Waals surface area contributed by atoms with Crippen molar-refractivity contribution in [1.82, 2.24) is 14.7 Å². The van der Waals surface area contributed by atoms with Gasteiger partial charge in [0.05, 0.1) is 16.9 Å². The Morgan fingerprint density at radius 3 is 2.37 bits per heavy atom. The van der Waals surface area contributed by atoms with Gasteiger partial charge < -0.3 is 10.0 Å². The second kappa shape index (κ2) is 8.43. The Morgan fingerprint density at radius 1 is 1.00 bits per heavy atom. The number of aromatic nitrogens is 2. The molecule has 0 fully saturated rings. The lowest BCUT2D eigenvalue weighted by atomic mass is 10.1. The first-order valence-electron chi connectivity index (χ1n) is 9.46. The van der Waals surface area contributed by atoms with Crippen molar-refractivity contribution in [1.29, 1.82) is 0 Å². The molecule has 1 N–H and O–H groups in total. The van der Waals surface area contributed by atoms with Crippen LogP contribution in [0.15, 0.2) is 85.1 Å². The van der Waals surface area contributed by atoms with Gasteiger partial charge in [-0.05, 0) is 36.4 Å². The number of phenols is 1. The van der Waals surface area contributed by atoms with Crippen LogP contribution in [0.5, 0.6) is 5.75 Å². The standard InChI is InChI=1S/C24H20ClN3O2/c1-27(24(30)21-9-5-6-10-22(21)29)15-18-16-28(20-7-3-2-4-8-20)26-23(18)17-11-13-19(25)14-12-17/h2-14,16,29H,15H2,1H3. The lowest BCUT2D eigenvalue weighted by Crippen LogP contribution is -2.26. The van der Waals surface area contributed by atoms with Crippen molar-refractivity contribution < 1.29 is 9.90 Å². The van der Waals surface area contributed by atoms with E-state index in [-0.39, 0.29) is 17.2 Å². The van der Waals surface area contributed by atoms with E-state index in [0.717, 1.165) is 22.5 Å². The zero-order valence-corrected chi connectivity index (χ0v) is 17.1. The van der Waals surface area contributed by atoms with E-state index in [0.29, 0.717) is 11.6 Å². The molecule has 0 aliphatic heterocycles. The van der Waals surface area contributed by atoms with E-state index in [4.69, 9.17) is 16.7 Å². The Balaban J connectivity index is 1.70. The molecule has 6 heteroatoms. The van der Waals surface area contributed by atoms with Crippen LogP contribution in [-0.2, 0) is 6.54 Å². The van der Waals surface area contributed by atoms with Crippen molar-refractivity contribution in [2.45, 2.75) is 6.54 Å². The molecule has 0 saturated carbocycles. The number of halogens is 1. The van der Waals surface area contributed by atoms with Gasteiger partial charge >= 0.3 is 0 Å². The number of amides is 1. The van der Waals surface area contributed by atoms with E-state index >= 15 is 0 Å². The molecular formula is C24H20ClN3O2. The van der Waals surface area contributed by atoms with E-state index in [1.807, 2.05) is 60.8 Å². The van der Waals surface area contributed by atoms with E-state index in [9.17, 15) is 9.90 Å². The Kier molecular flexibility index (Phi) is 5.55. The Hall–Kier alpha value is -3.57. The summed E-state index contributed by atoms with van der Waals surface area (Å²) in [5.41, 5.74) is 3.75. The topological polar surface area (TPSA) is 58.4 Å². The maximum absolute atomic E-state index is 12.9. The summed E-state index contributed by atoms with van der Waals surface area (Å²) in [7, 11) is 1.71. The van der Waals surface area contributed by atoms with Gasteiger partial charge in [-0.15, -0.1) is 0 Å². The maximum Gasteiger partial charge on any atom is 0.257 e. The molecule has 1 amide bonds. The van der Waals surface area contributed by atoms with Gasteiger partial charge in [-0.25, -0.2) is 4.68 Å². The van der Waals surface area contributed by atoms with Gasteiger partial charge in [0.15, 0.2) is 0 Å². The van der Waals surface area contributed by atoms with Crippen LogP contribution in [0.25, 0.3) is 16.9 Å². The van der Waals surface area contributed by atoms with E-state index in [2.05, 4.69) is 0 Å². The summed E-state index contributed by atoms with van der Waals surface area (Å²) in [6.07, 6.45) is 1.92. The number of rotatable bonds is 5. The number of hydrogen-bond donors (Lipinski definition) is 1. The van der Waals surface area contributed by atoms with Crippen LogP contribution in [0.1, 0.15) is 15.9 Å². The quantitative estimate of drug-likeness (QED) is 0.487. The molecule has 0 spiro atoms. The van der Waals surface area contributed by atoms with Gasteiger partial charge in [-0.2, -0.15) is 5.10 Å². The number of nitrogens with zero attached hydrogens (tertiary/aromatic N) is 3. The van der Waals surface area contributed by atoms with Crippen LogP contribution in [0.4, 0.5) is 0 Å². The predicted molar refractivity (Wildman–Crippen MR) is 118 cm³/mol. The van der Waals surface area contributed by atoms with Gasteiger partial charge in [-0.3, -0.25) is 4.79 Å². The molecule has 4 aromatic rings. The van der Waals surface area contributed by atoms with E-state index in [1.54, 1.807) is 34.8 Å². The molecule has 150 valence electrons. The maximum atomic E-state index is 12.9. The SMILES string of the molecule is CN(Cc1cn(-c2ccccc2)nc1-c1ccc(Cl)cc1)C(=O)c1ccccc1O. The number of hydrogen-bond acceptors (Lipinski definition) is 3. The van der Waals surface area contributed by atoms with Crippen LogP contribution in [0.3, 0.4) is 0 Å². The van der Waals surface area contributed by atoms with Crippen molar-refractivity contribution in [2.75, 3.05) is 7.05 Å². The fourth-order valence-corrected chi connectivity index (χ4v) is 3.40. The lowest BCUT2D eigenvalue weighted by Gasteiger charge is -2.17. The first kappa shape index (κ1) is 19.7. The highest BCUT2D eigenvalue weighted by Crippen LogP contribution is 2.27. The minimum Gasteiger partial charge on any atom is -0.507 e. The van der Waals surface area contributed by atoms with Gasteiger partial charge in [0, 0.05) is 35.9 Å². The summed E-state index contributed by atoms with van der Waals surface area (Å²) >= 11 is 6.05. The van der Waals surface area contributed by atoms with Crippen molar-refractivity contribution in [2.24, 2.45) is 0 Å². The average Bonchev–Trinajstić information content (AvgIpc) is 3.18. The number of aromatic hydroxyl groups is 1. The zero-order valence-electron chi connectivity index (χ0n) is 16.4. The van der Waals surface area contributed by atoms with Crippen LogP contribution in [0, 0.1) is 0 Å². The zero-order chi connectivity index (χ0) is 21.1. The molecule has 1 heterocycles. The van der Waals surface area contributed by atoms with Crippen molar-refractivity contribution in [3.8, 4) is 22.7 Å². The Labute approximate surface area is 179 Å². The molecule has 0 radical (unpaired) electrons. The van der Waals surface area contributed by atoms with Crippen LogP contribution >= 0.6 is 11.6 Å². The fraction of sp³-hybridized carbons (Fsp3) is 0.0833. The van der Waals surface area contributed by atoms with Gasteiger partial charge in [0.25, 0.3) is 5.91 Å². The number of carbonyl (C=O) groups excluding carboxylic acids is 1. The average molecular weight is 418 g/mol. The largest absolute Gasteiger partial charge is 0.507 e. The minimum absolute atomic E-state index is 0.0349. The van der Waals surface area contributed by atoms with Crippen molar-refractivity contribution in [3.05, 3.63) is 101 Å². The monoisotopic (exact) mass is 417 g/mol. The third kappa shape index (κ3) is 4.07. The summed E-state index contributed by atoms with van der Waals surface area (Å²) in [6.45, 7) is 0.331. The number of benzene rings is 3. The highest BCUT2D eigenvalue weighted by Gasteiger charge is 2.19. The second-order valence-electron chi connectivity index (χ2n) is 6.97. The fourth-order valence-electron chi connectivity index (χ4n) is 3.28. The van der Waals surface area contributed by atoms with Crippen LogP contribution in [-0.4, -0.2) is 32.7 Å². The van der Waals surface area contributed by atoms with Gasteiger partial charge in [0.2, 0.25) is 0 Å². The molecule has 0 atom stereocenters. The molecule has 1 aromatic heterocycles. The third-order valence-corrected chi connectivity index (χ3v) is 5.07. The molecule has 5 nitrogen and oxygen atoms in total. The molecule has 30 heavy (non-hydrogen) atoms. The molecule has 0 bridgehead atoms. The summed E-state index contributed by atoms with van der Waals surface area (Å²) < 4.78 is 1.80. The molecule has 0 aliphatic carbocycles. The first-order valence-corrected chi connectivity index (χ1v) is 9.84. The number of phenolic OH excluding ortho intramolecular Hbond substituents is 1. The molecule has 0 unspecified atom stereocenters. The summed E-state index contributed by atoms with van der Waals surface area (Å²) in [5, 5.41) is 15.4. The van der Waals surface area contributed by atoms with Crippen LogP contribution in [0.2, 0.25) is 5.02 Å². The van der Waals surface area contributed by atoms with E-state index in [1.165, 1.54) is 6.07 Å². The lowest BCUT2D eigenvalue weighted by molar-refractivity contribution is 0.0782. The van der Waals surface area contributed by atoms with E-state index < -0.39 is 0 Å². The first-order chi connectivity index (χ1) is 14.5. The Morgan fingerprint density at radius 2 is 1.67 bits per heavy atom. The summed E-state index contributed by atoms with van der Waals surface area (Å²) in [5.74, 6) is -0.296. The van der Waals surface area contributed by atoms with Gasteiger partial charge in [-0.1, -0.05) is 54.1 Å². The third-order valence-electron chi connectivity index (χ3n) is 4.82. The minimum atomic E-state index is -0.261. The normalized spacial score (nSPS) is 10.7. The van der Waals surface area contributed by atoms with Crippen molar-refractivity contribution in [3.63, 3.8) is 0 Å².